The van der Waals surface area contributed by atoms with Crippen LogP contribution in [0.15, 0.2) is 53.0 Å². The second-order valence-electron chi connectivity index (χ2n) is 9.32. The molecule has 1 aliphatic heterocycles. The van der Waals surface area contributed by atoms with Crippen LogP contribution in [-0.2, 0) is 21.4 Å². The van der Waals surface area contributed by atoms with Crippen LogP contribution in [0.1, 0.15) is 41.2 Å². The lowest BCUT2D eigenvalue weighted by Crippen LogP contribution is -2.17. The monoisotopic (exact) mass is 549 g/mol. The molecule has 1 fully saturated rings. The molecular weight excluding hydrogens is 529 g/mol. The Balaban J connectivity index is 1.25. The molecule has 3 aliphatic rings. The second-order valence-corrected chi connectivity index (χ2v) is 10.2. The first kappa shape index (κ1) is 22.9. The number of hydrogen-bond acceptors (Lipinski definition) is 6. The lowest BCUT2D eigenvalue weighted by atomic mass is 9.95. The minimum Gasteiger partial charge on any atom is -0.492 e. The molecule has 6 rings (SSSR count). The molecule has 3 atom stereocenters. The maximum atomic E-state index is 15.0. The van der Waals surface area contributed by atoms with Crippen molar-refractivity contribution in [2.24, 2.45) is 5.92 Å². The Morgan fingerprint density at radius 2 is 2.06 bits per heavy atom. The Labute approximate surface area is 215 Å². The molecule has 182 valence electrons. The number of esters is 1. The van der Waals surface area contributed by atoms with Crippen LogP contribution in [0.5, 0.6) is 23.0 Å². The van der Waals surface area contributed by atoms with Crippen molar-refractivity contribution in [3.8, 4) is 29.1 Å². The molecule has 8 heteroatoms. The Morgan fingerprint density at radius 1 is 1.19 bits per heavy atom. The first-order chi connectivity index (χ1) is 17.4. The number of nitriles is 1. The van der Waals surface area contributed by atoms with E-state index in [9.17, 15) is 14.4 Å². The lowest BCUT2D eigenvalue weighted by molar-refractivity contribution is -0.142. The summed E-state index contributed by atoms with van der Waals surface area (Å²) in [6, 6.07) is 15.8. The highest BCUT2D eigenvalue weighted by Crippen LogP contribution is 2.61. The van der Waals surface area contributed by atoms with E-state index in [1.165, 1.54) is 13.2 Å². The maximum absolute atomic E-state index is 15.0. The number of hydrogen-bond donors (Lipinski definition) is 0. The number of ether oxygens (including phenoxy) is 4. The average molecular weight is 550 g/mol. The molecule has 3 aromatic carbocycles. The molecule has 1 spiro atoms. The summed E-state index contributed by atoms with van der Waals surface area (Å²) in [6.45, 7) is 0.438. The molecular formula is C28H21BrFNO5. The van der Waals surface area contributed by atoms with Gasteiger partial charge in [0.15, 0.2) is 0 Å². The van der Waals surface area contributed by atoms with Gasteiger partial charge in [-0.15, -0.1) is 0 Å². The van der Waals surface area contributed by atoms with Crippen molar-refractivity contribution in [1.82, 2.24) is 0 Å². The normalized spacial score (nSPS) is 22.8. The van der Waals surface area contributed by atoms with Crippen molar-refractivity contribution >= 4 is 21.9 Å². The molecule has 0 aromatic heterocycles. The van der Waals surface area contributed by atoms with Gasteiger partial charge in [0.1, 0.15) is 41.0 Å². The highest BCUT2D eigenvalue weighted by molar-refractivity contribution is 9.10. The van der Waals surface area contributed by atoms with Crippen LogP contribution < -0.4 is 14.2 Å². The van der Waals surface area contributed by atoms with Gasteiger partial charge in [-0.1, -0.05) is 22.0 Å². The molecule has 6 nitrogen and oxygen atoms in total. The first-order valence-electron chi connectivity index (χ1n) is 11.6. The molecule has 0 bridgehead atoms. The van der Waals surface area contributed by atoms with Crippen LogP contribution in [0.3, 0.4) is 0 Å². The fraction of sp³-hybridized carbons (Fsp3) is 0.286. The summed E-state index contributed by atoms with van der Waals surface area (Å²) >= 11 is 3.40. The van der Waals surface area contributed by atoms with Gasteiger partial charge < -0.3 is 18.9 Å². The van der Waals surface area contributed by atoms with Gasteiger partial charge in [0.2, 0.25) is 0 Å². The average Bonchev–Trinajstić information content (AvgIpc) is 3.28. The molecule has 1 saturated carbocycles. The Morgan fingerprint density at radius 3 is 2.86 bits per heavy atom. The summed E-state index contributed by atoms with van der Waals surface area (Å²) in [5.41, 5.74) is 2.27. The minimum absolute atomic E-state index is 0.184. The fourth-order valence-corrected chi connectivity index (χ4v) is 5.76. The summed E-state index contributed by atoms with van der Waals surface area (Å²) in [4.78, 5) is 12.0. The predicted octanol–water partition coefficient (Wildman–Crippen LogP) is 6.14. The van der Waals surface area contributed by atoms with Crippen LogP contribution in [-0.4, -0.2) is 19.7 Å². The zero-order valence-electron chi connectivity index (χ0n) is 19.3. The van der Waals surface area contributed by atoms with Gasteiger partial charge in [-0.05, 0) is 55.7 Å². The van der Waals surface area contributed by atoms with Crippen molar-refractivity contribution in [2.45, 2.75) is 30.8 Å². The quantitative estimate of drug-likeness (QED) is 0.355. The van der Waals surface area contributed by atoms with E-state index in [0.717, 1.165) is 15.6 Å². The Kier molecular flexibility index (Phi) is 5.41. The second kappa shape index (κ2) is 8.52. The van der Waals surface area contributed by atoms with Crippen molar-refractivity contribution in [3.05, 3.63) is 81.1 Å². The van der Waals surface area contributed by atoms with Crippen LogP contribution in [0, 0.1) is 23.1 Å². The zero-order chi connectivity index (χ0) is 25.0. The van der Waals surface area contributed by atoms with E-state index in [-0.39, 0.29) is 23.1 Å². The summed E-state index contributed by atoms with van der Waals surface area (Å²) in [6.07, 6.45) is 1.39. The largest absolute Gasteiger partial charge is 0.492 e. The molecule has 0 radical (unpaired) electrons. The van der Waals surface area contributed by atoms with Gasteiger partial charge in [0.05, 0.1) is 25.2 Å². The van der Waals surface area contributed by atoms with Gasteiger partial charge >= 0.3 is 5.97 Å². The van der Waals surface area contributed by atoms with Crippen LogP contribution in [0.4, 0.5) is 4.39 Å². The van der Waals surface area contributed by atoms with E-state index >= 15 is 0 Å². The summed E-state index contributed by atoms with van der Waals surface area (Å²) in [7, 11) is 1.40. The van der Waals surface area contributed by atoms with E-state index < -0.39 is 6.10 Å². The fourth-order valence-electron chi connectivity index (χ4n) is 5.42. The smallest absolute Gasteiger partial charge is 0.309 e. The first-order valence-corrected chi connectivity index (χ1v) is 12.4. The molecule has 0 N–H and O–H groups in total. The maximum Gasteiger partial charge on any atom is 0.309 e. The van der Waals surface area contributed by atoms with E-state index in [1.54, 1.807) is 24.3 Å². The molecule has 1 heterocycles. The molecule has 2 aliphatic carbocycles. The molecule has 3 aromatic rings. The van der Waals surface area contributed by atoms with Crippen molar-refractivity contribution in [1.29, 1.82) is 5.26 Å². The van der Waals surface area contributed by atoms with E-state index in [4.69, 9.17) is 18.9 Å². The van der Waals surface area contributed by atoms with Crippen molar-refractivity contribution in [3.63, 3.8) is 0 Å². The van der Waals surface area contributed by atoms with Crippen LogP contribution in [0.2, 0.25) is 0 Å². The number of rotatable bonds is 5. The topological polar surface area (TPSA) is 77.8 Å². The highest BCUT2D eigenvalue weighted by atomic mass is 79.9. The number of benzene rings is 3. The summed E-state index contributed by atoms with van der Waals surface area (Å²) < 4.78 is 38.9. The predicted molar refractivity (Wildman–Crippen MR) is 131 cm³/mol. The number of carbonyl (C=O) groups excluding carboxylic acids is 1. The van der Waals surface area contributed by atoms with Gasteiger partial charge in [0.25, 0.3) is 0 Å². The van der Waals surface area contributed by atoms with E-state index in [2.05, 4.69) is 22.0 Å². The van der Waals surface area contributed by atoms with Crippen LogP contribution in [0.25, 0.3) is 0 Å². The third-order valence-corrected chi connectivity index (χ3v) is 7.83. The lowest BCUT2D eigenvalue weighted by Gasteiger charge is -2.17. The summed E-state index contributed by atoms with van der Waals surface area (Å²) in [5.74, 6) is 1.42. The number of fused-ring (bicyclic) bond motifs is 3. The molecule has 2 unspecified atom stereocenters. The Bertz CT molecular complexity index is 1450. The van der Waals surface area contributed by atoms with E-state index in [1.807, 2.05) is 18.2 Å². The highest BCUT2D eigenvalue weighted by Gasteiger charge is 2.64. The van der Waals surface area contributed by atoms with Crippen LogP contribution >= 0.6 is 15.9 Å². The van der Waals surface area contributed by atoms with Gasteiger partial charge in [-0.2, -0.15) is 5.26 Å². The van der Waals surface area contributed by atoms with E-state index in [0.29, 0.717) is 60.0 Å². The zero-order valence-corrected chi connectivity index (χ0v) is 20.9. The molecule has 36 heavy (non-hydrogen) atoms. The van der Waals surface area contributed by atoms with Crippen molar-refractivity contribution in [2.75, 3.05) is 13.7 Å². The third-order valence-electron chi connectivity index (χ3n) is 7.34. The number of methoxy groups -OCH3 is 1. The van der Waals surface area contributed by atoms with Gasteiger partial charge in [-0.3, -0.25) is 4.79 Å². The number of carbonyl (C=O) groups is 1. The number of halogens is 2. The minimum atomic E-state index is -0.487. The number of nitrogens with zero attached hydrogens (tertiary/aromatic N) is 1. The SMILES string of the molecule is COC(=O)C1CC12COc1cc(O[C@@H]3CCc4c(Oc5cc(Br)ccc5C#N)ccc(F)c43)ccc12. The molecule has 0 amide bonds. The Hall–Kier alpha value is -3.57. The molecule has 0 saturated heterocycles. The summed E-state index contributed by atoms with van der Waals surface area (Å²) in [5, 5.41) is 9.43. The van der Waals surface area contributed by atoms with Crippen molar-refractivity contribution < 1.29 is 28.1 Å². The third kappa shape index (κ3) is 3.61. The van der Waals surface area contributed by atoms with Gasteiger partial charge in [0, 0.05) is 32.6 Å². The standard InChI is InChI=1S/C28H21BrFNO5/c1-33-27(32)20-12-28(20)14-34-25-11-17(4-6-19(25)28)35-23-8-5-18-22(9-7-21(30)26(18)23)36-24-10-16(29)3-2-15(24)13-31/h2-4,6-7,9-11,20,23H,5,8,12,14H2,1H3/t20?,23-,28?/m1/s1. The van der Waals surface area contributed by atoms with Gasteiger partial charge in [-0.25, -0.2) is 4.39 Å².